The van der Waals surface area contributed by atoms with Gasteiger partial charge in [0.2, 0.25) is 5.82 Å². The van der Waals surface area contributed by atoms with Crippen LogP contribution in [0.25, 0.3) is 0 Å². The highest BCUT2D eigenvalue weighted by atomic mass is 19.1. The topological polar surface area (TPSA) is 78.7 Å². The zero-order valence-corrected chi connectivity index (χ0v) is 18.5. The van der Waals surface area contributed by atoms with Crippen LogP contribution < -0.4 is 20.1 Å². The van der Waals surface area contributed by atoms with Gasteiger partial charge in [0.15, 0.2) is 23.2 Å². The van der Waals surface area contributed by atoms with Crippen molar-refractivity contribution in [3.8, 4) is 17.4 Å². The minimum atomic E-state index is -0.959. The third kappa shape index (κ3) is 3.85. The molecule has 34 heavy (non-hydrogen) atoms. The van der Waals surface area contributed by atoms with Crippen LogP contribution in [0.1, 0.15) is 18.2 Å². The Morgan fingerprint density at radius 1 is 1.21 bits per heavy atom. The molecule has 1 aromatic carbocycles. The molecule has 3 aromatic rings. The van der Waals surface area contributed by atoms with Crippen LogP contribution in [0, 0.1) is 24.4 Å². The number of fused-ring (bicyclic) bond motifs is 3. The Hall–Kier alpha value is -3.60. The molecular weight excluding hydrogens is 453 g/mol. The lowest BCUT2D eigenvalue weighted by Gasteiger charge is -2.39. The highest BCUT2D eigenvalue weighted by molar-refractivity contribution is 5.51. The van der Waals surface area contributed by atoms with Crippen LogP contribution in [0.3, 0.4) is 0 Å². The molecule has 11 heteroatoms. The standard InChI is InChI=1S/C23H21F3N4O4/c1-13-7-15(3-4-27-13)34-19-16(24)8-14(9-17(19)25)10-33-20-18(26)21-29(22(31)28-20)11-23(2)12-32-6-5-30(21)23/h3-4,7-9H,5-6,10-12H2,1-2H3/t23-/m1/s1. The second kappa shape index (κ2) is 8.32. The average molecular weight is 474 g/mol. The quantitative estimate of drug-likeness (QED) is 0.561. The molecule has 0 unspecified atom stereocenters. The second-order valence-corrected chi connectivity index (χ2v) is 8.54. The fraction of sp³-hybridized carbons (Fsp3) is 0.348. The third-order valence-electron chi connectivity index (χ3n) is 5.87. The zero-order valence-electron chi connectivity index (χ0n) is 18.5. The molecule has 178 valence electrons. The lowest BCUT2D eigenvalue weighted by Crippen LogP contribution is -2.53. The van der Waals surface area contributed by atoms with E-state index in [0.29, 0.717) is 25.5 Å². The van der Waals surface area contributed by atoms with E-state index in [4.69, 9.17) is 14.2 Å². The lowest BCUT2D eigenvalue weighted by molar-refractivity contribution is 0.0584. The summed E-state index contributed by atoms with van der Waals surface area (Å²) >= 11 is 0. The molecular formula is C23H21F3N4O4. The number of anilines is 1. The number of aromatic nitrogens is 3. The third-order valence-corrected chi connectivity index (χ3v) is 5.87. The largest absolute Gasteiger partial charge is 0.471 e. The molecule has 0 N–H and O–H groups in total. The summed E-state index contributed by atoms with van der Waals surface area (Å²) in [6, 6.07) is 5.05. The molecule has 1 atom stereocenters. The van der Waals surface area contributed by atoms with Crippen molar-refractivity contribution in [1.29, 1.82) is 0 Å². The molecule has 0 spiro atoms. The number of morpholine rings is 1. The molecule has 5 rings (SSSR count). The van der Waals surface area contributed by atoms with Gasteiger partial charge in [-0.25, -0.2) is 13.6 Å². The Morgan fingerprint density at radius 3 is 2.71 bits per heavy atom. The van der Waals surface area contributed by atoms with E-state index in [1.54, 1.807) is 11.8 Å². The first-order chi connectivity index (χ1) is 16.2. The molecule has 0 saturated carbocycles. The number of pyridine rings is 1. The number of nitrogens with zero attached hydrogens (tertiary/aromatic N) is 4. The highest BCUT2D eigenvalue weighted by Gasteiger charge is 2.45. The summed E-state index contributed by atoms with van der Waals surface area (Å²) in [6.45, 7) is 4.57. The van der Waals surface area contributed by atoms with E-state index in [2.05, 4.69) is 9.97 Å². The molecule has 0 bridgehead atoms. The molecule has 2 aliphatic heterocycles. The van der Waals surface area contributed by atoms with E-state index >= 15 is 4.39 Å². The van der Waals surface area contributed by atoms with Crippen LogP contribution in [0.5, 0.6) is 17.4 Å². The van der Waals surface area contributed by atoms with Gasteiger partial charge in [0.1, 0.15) is 12.4 Å². The van der Waals surface area contributed by atoms with Crippen molar-refractivity contribution < 1.29 is 27.4 Å². The van der Waals surface area contributed by atoms with Crippen molar-refractivity contribution in [3.63, 3.8) is 0 Å². The molecule has 0 amide bonds. The SMILES string of the molecule is Cc1cc(Oc2c(F)cc(COc3nc(=O)n4c(c3F)N3CCOC[C@@]3(C)C4)cc2F)ccn1. The summed E-state index contributed by atoms with van der Waals surface area (Å²) in [4.78, 5) is 22.0. The minimum Gasteiger partial charge on any atom is -0.471 e. The summed E-state index contributed by atoms with van der Waals surface area (Å²) in [5, 5.41) is 0. The van der Waals surface area contributed by atoms with Gasteiger partial charge in [0, 0.05) is 24.5 Å². The molecule has 4 heterocycles. The van der Waals surface area contributed by atoms with E-state index in [1.807, 2.05) is 6.92 Å². The van der Waals surface area contributed by atoms with Crippen LogP contribution in [0.4, 0.5) is 19.0 Å². The average Bonchev–Trinajstić information content (AvgIpc) is 3.12. The summed E-state index contributed by atoms with van der Waals surface area (Å²) in [5.41, 5.74) is -0.538. The van der Waals surface area contributed by atoms with E-state index in [-0.39, 0.29) is 23.7 Å². The van der Waals surface area contributed by atoms with Crippen LogP contribution >= 0.6 is 0 Å². The first-order valence-electron chi connectivity index (χ1n) is 10.6. The Bertz CT molecular complexity index is 1310. The first kappa shape index (κ1) is 22.2. The molecule has 0 radical (unpaired) electrons. The summed E-state index contributed by atoms with van der Waals surface area (Å²) in [6.07, 6.45) is 1.46. The van der Waals surface area contributed by atoms with Crippen molar-refractivity contribution in [3.05, 3.63) is 69.7 Å². The van der Waals surface area contributed by atoms with E-state index in [9.17, 15) is 13.6 Å². The van der Waals surface area contributed by atoms with Gasteiger partial charge < -0.3 is 19.1 Å². The Morgan fingerprint density at radius 2 is 1.97 bits per heavy atom. The number of hydrogen-bond donors (Lipinski definition) is 0. The summed E-state index contributed by atoms with van der Waals surface area (Å²) in [7, 11) is 0. The Labute approximate surface area is 192 Å². The fourth-order valence-electron chi connectivity index (χ4n) is 4.28. The maximum atomic E-state index is 15.3. The van der Waals surface area contributed by atoms with Crippen LogP contribution in [0.15, 0.2) is 35.3 Å². The monoisotopic (exact) mass is 474 g/mol. The van der Waals surface area contributed by atoms with Crippen molar-refractivity contribution in [1.82, 2.24) is 14.5 Å². The van der Waals surface area contributed by atoms with Gasteiger partial charge >= 0.3 is 5.69 Å². The zero-order chi connectivity index (χ0) is 24.0. The summed E-state index contributed by atoms with van der Waals surface area (Å²) < 4.78 is 61.9. The smallest absolute Gasteiger partial charge is 0.352 e. The van der Waals surface area contributed by atoms with Crippen molar-refractivity contribution in [2.75, 3.05) is 24.7 Å². The number of hydrogen-bond acceptors (Lipinski definition) is 7. The fourth-order valence-corrected chi connectivity index (χ4v) is 4.28. The van der Waals surface area contributed by atoms with Crippen molar-refractivity contribution in [2.45, 2.75) is 32.5 Å². The van der Waals surface area contributed by atoms with Gasteiger partial charge in [0.25, 0.3) is 5.88 Å². The van der Waals surface area contributed by atoms with Crippen molar-refractivity contribution >= 4 is 5.82 Å². The molecule has 0 aliphatic carbocycles. The number of benzene rings is 1. The van der Waals surface area contributed by atoms with Gasteiger partial charge in [-0.15, -0.1) is 0 Å². The highest BCUT2D eigenvalue weighted by Crippen LogP contribution is 2.38. The number of ether oxygens (including phenoxy) is 3. The molecule has 1 fully saturated rings. The summed E-state index contributed by atoms with van der Waals surface area (Å²) in [5.74, 6) is -3.52. The molecule has 8 nitrogen and oxygen atoms in total. The number of halogens is 3. The second-order valence-electron chi connectivity index (χ2n) is 8.54. The van der Waals surface area contributed by atoms with Gasteiger partial charge in [0.05, 0.1) is 25.3 Å². The predicted molar refractivity (Wildman–Crippen MR) is 115 cm³/mol. The Kier molecular flexibility index (Phi) is 5.43. The normalized spacial score (nSPS) is 19.0. The van der Waals surface area contributed by atoms with Gasteiger partial charge in [-0.3, -0.25) is 9.55 Å². The minimum absolute atomic E-state index is 0.0753. The maximum absolute atomic E-state index is 15.3. The van der Waals surface area contributed by atoms with Crippen LogP contribution in [-0.2, 0) is 17.9 Å². The lowest BCUT2D eigenvalue weighted by atomic mass is 10.0. The molecule has 2 aromatic heterocycles. The number of rotatable bonds is 5. The van der Waals surface area contributed by atoms with E-state index in [0.717, 1.165) is 12.1 Å². The van der Waals surface area contributed by atoms with Crippen molar-refractivity contribution in [2.24, 2.45) is 0 Å². The Balaban J connectivity index is 1.37. The first-order valence-corrected chi connectivity index (χ1v) is 10.6. The van der Waals surface area contributed by atoms with Gasteiger partial charge in [-0.2, -0.15) is 9.37 Å². The number of aryl methyl sites for hydroxylation is 1. The van der Waals surface area contributed by atoms with Gasteiger partial charge in [-0.05, 0) is 37.6 Å². The van der Waals surface area contributed by atoms with Gasteiger partial charge in [-0.1, -0.05) is 0 Å². The maximum Gasteiger partial charge on any atom is 0.352 e. The van der Waals surface area contributed by atoms with Crippen LogP contribution in [-0.4, -0.2) is 39.8 Å². The van der Waals surface area contributed by atoms with Crippen LogP contribution in [0.2, 0.25) is 0 Å². The van der Waals surface area contributed by atoms with E-state index in [1.165, 1.54) is 22.9 Å². The van der Waals surface area contributed by atoms with E-state index < -0.39 is 46.9 Å². The molecule has 2 aliphatic rings. The molecule has 1 saturated heterocycles. The predicted octanol–water partition coefficient (Wildman–Crippen LogP) is 3.34.